The van der Waals surface area contributed by atoms with Gasteiger partial charge in [-0.2, -0.15) is 0 Å². The van der Waals surface area contributed by atoms with E-state index >= 15 is 0 Å². The van der Waals surface area contributed by atoms with Gasteiger partial charge in [-0.3, -0.25) is 9.59 Å². The Morgan fingerprint density at radius 3 is 2.09 bits per heavy atom. The number of carbonyl (C=O) groups is 2. The number of benzene rings is 3. The lowest BCUT2D eigenvalue weighted by atomic mass is 9.98. The first-order chi connectivity index (χ1) is 16.6. The van der Waals surface area contributed by atoms with Crippen molar-refractivity contribution in [1.82, 2.24) is 4.90 Å². The van der Waals surface area contributed by atoms with Crippen LogP contribution in [0.3, 0.4) is 0 Å². The first-order valence-electron chi connectivity index (χ1n) is 11.7. The summed E-state index contributed by atoms with van der Waals surface area (Å²) in [6.07, 6.45) is 2.01. The zero-order valence-corrected chi connectivity index (χ0v) is 19.4. The van der Waals surface area contributed by atoms with Gasteiger partial charge in [-0.15, -0.1) is 0 Å². The van der Waals surface area contributed by atoms with Gasteiger partial charge in [-0.25, -0.2) is 0 Å². The molecule has 34 heavy (non-hydrogen) atoms. The standard InChI is InChI=1S/C28H30N2O4/c1-21-15-17-30(18-16-21)28(32)25-9-5-6-10-26(25)29-27(31)22-11-13-24(14-12-22)34-20-19-33-23-7-3-2-4-8-23/h2-14,21H,15-20H2,1H3,(H,29,31). The van der Waals surface area contributed by atoms with E-state index in [1.807, 2.05) is 47.4 Å². The monoisotopic (exact) mass is 458 g/mol. The van der Waals surface area contributed by atoms with Crippen molar-refractivity contribution in [2.75, 3.05) is 31.6 Å². The van der Waals surface area contributed by atoms with E-state index in [-0.39, 0.29) is 11.8 Å². The van der Waals surface area contributed by atoms with Gasteiger partial charge in [-0.05, 0) is 67.3 Å². The van der Waals surface area contributed by atoms with Crippen molar-refractivity contribution >= 4 is 17.5 Å². The minimum Gasteiger partial charge on any atom is -0.490 e. The second kappa shape index (κ2) is 11.4. The number of rotatable bonds is 8. The van der Waals surface area contributed by atoms with E-state index in [4.69, 9.17) is 9.47 Å². The zero-order chi connectivity index (χ0) is 23.8. The van der Waals surface area contributed by atoms with Gasteiger partial charge in [0.2, 0.25) is 0 Å². The minimum absolute atomic E-state index is 0.0377. The van der Waals surface area contributed by atoms with Crippen molar-refractivity contribution in [3.05, 3.63) is 90.0 Å². The lowest BCUT2D eigenvalue weighted by Gasteiger charge is -2.30. The molecule has 1 heterocycles. The van der Waals surface area contributed by atoms with Gasteiger partial charge in [-0.1, -0.05) is 37.3 Å². The summed E-state index contributed by atoms with van der Waals surface area (Å²) in [4.78, 5) is 27.8. The molecule has 1 N–H and O–H groups in total. The molecule has 2 amide bonds. The van der Waals surface area contributed by atoms with Crippen molar-refractivity contribution in [2.24, 2.45) is 5.92 Å². The molecule has 0 unspecified atom stereocenters. The number of likely N-dealkylation sites (tertiary alicyclic amines) is 1. The van der Waals surface area contributed by atoms with Gasteiger partial charge in [0.05, 0.1) is 11.3 Å². The van der Waals surface area contributed by atoms with Crippen LogP contribution in [0.25, 0.3) is 0 Å². The first kappa shape index (κ1) is 23.4. The average Bonchev–Trinajstić information content (AvgIpc) is 2.88. The Morgan fingerprint density at radius 2 is 1.41 bits per heavy atom. The number of para-hydroxylation sites is 2. The molecule has 6 heteroatoms. The number of nitrogens with zero attached hydrogens (tertiary/aromatic N) is 1. The normalized spacial score (nSPS) is 13.9. The van der Waals surface area contributed by atoms with Gasteiger partial charge >= 0.3 is 0 Å². The van der Waals surface area contributed by atoms with E-state index in [1.165, 1.54) is 0 Å². The summed E-state index contributed by atoms with van der Waals surface area (Å²) in [5, 5.41) is 2.90. The second-order valence-corrected chi connectivity index (χ2v) is 8.51. The van der Waals surface area contributed by atoms with Crippen LogP contribution in [0, 0.1) is 5.92 Å². The van der Waals surface area contributed by atoms with Gasteiger partial charge in [0.1, 0.15) is 24.7 Å². The molecule has 0 radical (unpaired) electrons. The van der Waals surface area contributed by atoms with Gasteiger partial charge in [0.15, 0.2) is 0 Å². The van der Waals surface area contributed by atoms with Gasteiger partial charge in [0, 0.05) is 18.7 Å². The van der Waals surface area contributed by atoms with Crippen molar-refractivity contribution in [1.29, 1.82) is 0 Å². The number of ether oxygens (including phenoxy) is 2. The molecule has 1 saturated heterocycles. The van der Waals surface area contributed by atoms with Crippen molar-refractivity contribution in [3.8, 4) is 11.5 Å². The van der Waals surface area contributed by atoms with E-state index in [0.29, 0.717) is 41.7 Å². The largest absolute Gasteiger partial charge is 0.490 e. The summed E-state index contributed by atoms with van der Waals surface area (Å²) in [5.41, 5.74) is 1.53. The van der Waals surface area contributed by atoms with Crippen LogP contribution in [0.1, 0.15) is 40.5 Å². The molecule has 0 aromatic heterocycles. The smallest absolute Gasteiger partial charge is 0.255 e. The highest BCUT2D eigenvalue weighted by Gasteiger charge is 2.23. The highest BCUT2D eigenvalue weighted by Crippen LogP contribution is 2.23. The summed E-state index contributed by atoms with van der Waals surface area (Å²) in [7, 11) is 0. The Labute approximate surface area is 200 Å². The van der Waals surface area contributed by atoms with E-state index in [2.05, 4.69) is 12.2 Å². The Hall–Kier alpha value is -3.80. The zero-order valence-electron chi connectivity index (χ0n) is 19.4. The summed E-state index contributed by atoms with van der Waals surface area (Å²) in [6, 6.07) is 23.7. The van der Waals surface area contributed by atoms with E-state index in [9.17, 15) is 9.59 Å². The third-order valence-corrected chi connectivity index (χ3v) is 5.96. The Kier molecular flexibility index (Phi) is 7.81. The maximum atomic E-state index is 13.1. The highest BCUT2D eigenvalue weighted by molar-refractivity contribution is 6.09. The van der Waals surface area contributed by atoms with Crippen LogP contribution in [0.15, 0.2) is 78.9 Å². The Balaban J connectivity index is 1.32. The van der Waals surface area contributed by atoms with Crippen LogP contribution in [0.5, 0.6) is 11.5 Å². The molecule has 0 saturated carbocycles. The van der Waals surface area contributed by atoms with Crippen LogP contribution >= 0.6 is 0 Å². The number of piperidine rings is 1. The van der Waals surface area contributed by atoms with Crippen molar-refractivity contribution in [3.63, 3.8) is 0 Å². The molecule has 0 spiro atoms. The predicted octanol–water partition coefficient (Wildman–Crippen LogP) is 5.27. The molecular weight excluding hydrogens is 428 g/mol. The maximum absolute atomic E-state index is 13.1. The molecule has 1 aliphatic rings. The molecule has 3 aromatic carbocycles. The molecule has 4 rings (SSSR count). The number of hydrogen-bond acceptors (Lipinski definition) is 4. The fourth-order valence-electron chi connectivity index (χ4n) is 3.89. The van der Waals surface area contributed by atoms with E-state index in [1.54, 1.807) is 36.4 Å². The first-order valence-corrected chi connectivity index (χ1v) is 11.7. The number of hydrogen-bond donors (Lipinski definition) is 1. The lowest BCUT2D eigenvalue weighted by molar-refractivity contribution is 0.0698. The van der Waals surface area contributed by atoms with Crippen LogP contribution in [0.2, 0.25) is 0 Å². The molecule has 6 nitrogen and oxygen atoms in total. The summed E-state index contributed by atoms with van der Waals surface area (Å²) < 4.78 is 11.3. The molecule has 1 fully saturated rings. The van der Waals surface area contributed by atoms with Crippen molar-refractivity contribution < 1.29 is 19.1 Å². The molecule has 3 aromatic rings. The number of nitrogens with one attached hydrogen (secondary N) is 1. The number of carbonyl (C=O) groups excluding carboxylic acids is 2. The second-order valence-electron chi connectivity index (χ2n) is 8.51. The molecule has 0 aliphatic carbocycles. The predicted molar refractivity (Wildman–Crippen MR) is 133 cm³/mol. The average molecular weight is 459 g/mol. The Morgan fingerprint density at radius 1 is 0.824 bits per heavy atom. The number of anilines is 1. The number of amides is 2. The minimum atomic E-state index is -0.272. The van der Waals surface area contributed by atoms with Crippen LogP contribution in [-0.2, 0) is 0 Å². The van der Waals surface area contributed by atoms with Gasteiger partial charge < -0.3 is 19.7 Å². The quantitative estimate of drug-likeness (QED) is 0.467. The third kappa shape index (κ3) is 6.16. The maximum Gasteiger partial charge on any atom is 0.255 e. The topological polar surface area (TPSA) is 67.9 Å². The molecule has 1 aliphatic heterocycles. The lowest BCUT2D eigenvalue weighted by Crippen LogP contribution is -2.38. The summed E-state index contributed by atoms with van der Waals surface area (Å²) in [6.45, 7) is 4.53. The van der Waals surface area contributed by atoms with Crippen molar-refractivity contribution in [2.45, 2.75) is 19.8 Å². The molecule has 0 atom stereocenters. The van der Waals surface area contributed by atoms with E-state index < -0.39 is 0 Å². The van der Waals surface area contributed by atoms with Gasteiger partial charge in [0.25, 0.3) is 11.8 Å². The van der Waals surface area contributed by atoms with Crippen LogP contribution < -0.4 is 14.8 Å². The fraction of sp³-hybridized carbons (Fsp3) is 0.286. The molecule has 176 valence electrons. The molecule has 0 bridgehead atoms. The van der Waals surface area contributed by atoms with Crippen LogP contribution in [-0.4, -0.2) is 43.0 Å². The van der Waals surface area contributed by atoms with Crippen LogP contribution in [0.4, 0.5) is 5.69 Å². The third-order valence-electron chi connectivity index (χ3n) is 5.96. The fourth-order valence-corrected chi connectivity index (χ4v) is 3.89. The summed E-state index contributed by atoms with van der Waals surface area (Å²) in [5.74, 6) is 1.79. The molecular formula is C28H30N2O4. The SMILES string of the molecule is CC1CCN(C(=O)c2ccccc2NC(=O)c2ccc(OCCOc3ccccc3)cc2)CC1. The highest BCUT2D eigenvalue weighted by atomic mass is 16.5. The Bertz CT molecular complexity index is 1090. The van der Waals surface area contributed by atoms with E-state index in [0.717, 1.165) is 31.7 Å². The summed E-state index contributed by atoms with van der Waals surface area (Å²) >= 11 is 0.